The van der Waals surface area contributed by atoms with Crippen LogP contribution in [0.5, 0.6) is 11.5 Å². The fourth-order valence-electron chi connectivity index (χ4n) is 2.66. The van der Waals surface area contributed by atoms with Gasteiger partial charge in [-0.15, -0.1) is 0 Å². The van der Waals surface area contributed by atoms with Crippen LogP contribution >= 0.6 is 15.9 Å². The van der Waals surface area contributed by atoms with Gasteiger partial charge in [-0.1, -0.05) is 35.0 Å². The number of amides is 2. The Bertz CT molecular complexity index is 793. The number of rotatable bonds is 10. The molecule has 2 amide bonds. The molecule has 0 radical (unpaired) electrons. The molecular weight excluding hydrogens is 436 g/mol. The number of carbonyl (C=O) groups excluding carboxylic acids is 2. The number of nitrogens with one attached hydrogen (secondary N) is 1. The third-order valence-electron chi connectivity index (χ3n) is 4.40. The molecular formula is C22H27BrN2O4. The lowest BCUT2D eigenvalue weighted by Gasteiger charge is -2.28. The van der Waals surface area contributed by atoms with Crippen molar-refractivity contribution in [2.75, 3.05) is 20.3 Å². The summed E-state index contributed by atoms with van der Waals surface area (Å²) >= 11 is 3.37. The summed E-state index contributed by atoms with van der Waals surface area (Å²) in [7, 11) is 1.60. The molecule has 2 aromatic rings. The molecule has 0 aromatic heterocycles. The standard InChI is InChI=1S/C22H27BrN2O4/c1-4-13-24-22(27)16(2)25(14-17-5-9-19(28-3)10-6-17)21(26)15-29-20-11-7-18(23)8-12-20/h5-12,16H,4,13-15H2,1-3H3,(H,24,27)/t16-/m1/s1. The molecule has 0 saturated heterocycles. The van der Waals surface area contributed by atoms with Gasteiger partial charge in [-0.25, -0.2) is 0 Å². The monoisotopic (exact) mass is 462 g/mol. The molecule has 2 rings (SSSR count). The Morgan fingerprint density at radius 3 is 2.28 bits per heavy atom. The highest BCUT2D eigenvalue weighted by molar-refractivity contribution is 9.10. The third kappa shape index (κ3) is 7.09. The summed E-state index contributed by atoms with van der Waals surface area (Å²) in [6, 6.07) is 14.0. The second-order valence-corrected chi connectivity index (χ2v) is 7.49. The molecule has 0 heterocycles. The average Bonchev–Trinajstić information content (AvgIpc) is 2.75. The highest BCUT2D eigenvalue weighted by Gasteiger charge is 2.26. The van der Waals surface area contributed by atoms with E-state index in [0.29, 0.717) is 18.8 Å². The predicted octanol–water partition coefficient (Wildman–Crippen LogP) is 3.78. The Balaban J connectivity index is 2.11. The number of hydrogen-bond acceptors (Lipinski definition) is 4. The van der Waals surface area contributed by atoms with Gasteiger partial charge in [0, 0.05) is 17.6 Å². The summed E-state index contributed by atoms with van der Waals surface area (Å²) in [4.78, 5) is 26.9. The number of ether oxygens (including phenoxy) is 2. The molecule has 0 saturated carbocycles. The predicted molar refractivity (Wildman–Crippen MR) is 116 cm³/mol. The van der Waals surface area contributed by atoms with Crippen molar-refractivity contribution in [3.05, 3.63) is 58.6 Å². The van der Waals surface area contributed by atoms with E-state index in [0.717, 1.165) is 22.2 Å². The topological polar surface area (TPSA) is 67.9 Å². The molecule has 0 aliphatic heterocycles. The third-order valence-corrected chi connectivity index (χ3v) is 4.93. The largest absolute Gasteiger partial charge is 0.497 e. The summed E-state index contributed by atoms with van der Waals surface area (Å²) in [5.41, 5.74) is 0.901. The molecule has 1 N–H and O–H groups in total. The van der Waals surface area contributed by atoms with Gasteiger partial charge in [-0.2, -0.15) is 0 Å². The first-order chi connectivity index (χ1) is 13.9. The van der Waals surface area contributed by atoms with Crippen molar-refractivity contribution < 1.29 is 19.1 Å². The van der Waals surface area contributed by atoms with Crippen molar-refractivity contribution in [1.29, 1.82) is 0 Å². The van der Waals surface area contributed by atoms with Crippen LogP contribution in [0.25, 0.3) is 0 Å². The van der Waals surface area contributed by atoms with Crippen molar-refractivity contribution in [3.63, 3.8) is 0 Å². The smallest absolute Gasteiger partial charge is 0.261 e. The molecule has 156 valence electrons. The Morgan fingerprint density at radius 1 is 1.07 bits per heavy atom. The normalized spacial score (nSPS) is 11.4. The van der Waals surface area contributed by atoms with Crippen LogP contribution in [0.4, 0.5) is 0 Å². The van der Waals surface area contributed by atoms with Crippen LogP contribution in [-0.4, -0.2) is 43.0 Å². The highest BCUT2D eigenvalue weighted by atomic mass is 79.9. The van der Waals surface area contributed by atoms with Gasteiger partial charge in [0.2, 0.25) is 5.91 Å². The Labute approximate surface area is 180 Å². The molecule has 29 heavy (non-hydrogen) atoms. The van der Waals surface area contributed by atoms with Gasteiger partial charge in [-0.05, 0) is 55.3 Å². The number of hydrogen-bond donors (Lipinski definition) is 1. The Kier molecular flexibility index (Phi) is 8.99. The van der Waals surface area contributed by atoms with E-state index in [-0.39, 0.29) is 18.4 Å². The number of nitrogens with zero attached hydrogens (tertiary/aromatic N) is 1. The maximum atomic E-state index is 12.9. The van der Waals surface area contributed by atoms with E-state index in [1.807, 2.05) is 43.3 Å². The van der Waals surface area contributed by atoms with Crippen molar-refractivity contribution >= 4 is 27.7 Å². The van der Waals surface area contributed by atoms with E-state index >= 15 is 0 Å². The summed E-state index contributed by atoms with van der Waals surface area (Å²) in [6.45, 7) is 4.43. The van der Waals surface area contributed by atoms with E-state index in [1.54, 1.807) is 26.2 Å². The van der Waals surface area contributed by atoms with Crippen LogP contribution in [0.15, 0.2) is 53.0 Å². The lowest BCUT2D eigenvalue weighted by molar-refractivity contribution is -0.142. The Hall–Kier alpha value is -2.54. The minimum Gasteiger partial charge on any atom is -0.497 e. The van der Waals surface area contributed by atoms with Crippen molar-refractivity contribution in [2.45, 2.75) is 32.9 Å². The van der Waals surface area contributed by atoms with Crippen molar-refractivity contribution in [2.24, 2.45) is 0 Å². The van der Waals surface area contributed by atoms with Gasteiger partial charge in [0.25, 0.3) is 5.91 Å². The average molecular weight is 463 g/mol. The van der Waals surface area contributed by atoms with Gasteiger partial charge in [0.05, 0.1) is 7.11 Å². The summed E-state index contributed by atoms with van der Waals surface area (Å²) in [5.74, 6) is 0.883. The first-order valence-electron chi connectivity index (χ1n) is 9.53. The van der Waals surface area contributed by atoms with Crippen molar-refractivity contribution in [3.8, 4) is 11.5 Å². The second-order valence-electron chi connectivity index (χ2n) is 6.58. The number of halogens is 1. The number of benzene rings is 2. The molecule has 0 unspecified atom stereocenters. The van der Waals surface area contributed by atoms with Crippen LogP contribution in [0, 0.1) is 0 Å². The number of carbonyl (C=O) groups is 2. The zero-order chi connectivity index (χ0) is 21.2. The van der Waals surface area contributed by atoms with Crippen LogP contribution < -0.4 is 14.8 Å². The molecule has 0 aliphatic rings. The van der Waals surface area contributed by atoms with Crippen molar-refractivity contribution in [1.82, 2.24) is 10.2 Å². The Morgan fingerprint density at radius 2 is 1.69 bits per heavy atom. The molecule has 0 fully saturated rings. The van der Waals surface area contributed by atoms with E-state index in [9.17, 15) is 9.59 Å². The summed E-state index contributed by atoms with van der Waals surface area (Å²) in [5, 5.41) is 2.85. The van der Waals surface area contributed by atoms with Crippen LogP contribution in [-0.2, 0) is 16.1 Å². The lowest BCUT2D eigenvalue weighted by atomic mass is 10.1. The van der Waals surface area contributed by atoms with Gasteiger partial charge in [-0.3, -0.25) is 9.59 Å². The first-order valence-corrected chi connectivity index (χ1v) is 10.3. The van der Waals surface area contributed by atoms with Gasteiger partial charge >= 0.3 is 0 Å². The van der Waals surface area contributed by atoms with E-state index in [1.165, 1.54) is 4.90 Å². The highest BCUT2D eigenvalue weighted by Crippen LogP contribution is 2.18. The van der Waals surface area contributed by atoms with Gasteiger partial charge < -0.3 is 19.7 Å². The van der Waals surface area contributed by atoms with E-state index in [2.05, 4.69) is 21.2 Å². The SMILES string of the molecule is CCCNC(=O)[C@@H](C)N(Cc1ccc(OC)cc1)C(=O)COc1ccc(Br)cc1. The van der Waals surface area contributed by atoms with Gasteiger partial charge in [0.1, 0.15) is 17.5 Å². The maximum Gasteiger partial charge on any atom is 0.261 e. The van der Waals surface area contributed by atoms with E-state index in [4.69, 9.17) is 9.47 Å². The minimum absolute atomic E-state index is 0.150. The minimum atomic E-state index is -0.621. The van der Waals surface area contributed by atoms with E-state index < -0.39 is 6.04 Å². The molecule has 0 spiro atoms. The van der Waals surface area contributed by atoms with Crippen LogP contribution in [0.1, 0.15) is 25.8 Å². The van der Waals surface area contributed by atoms with Crippen LogP contribution in [0.3, 0.4) is 0 Å². The zero-order valence-electron chi connectivity index (χ0n) is 17.0. The fourth-order valence-corrected chi connectivity index (χ4v) is 2.93. The molecule has 1 atom stereocenters. The molecule has 7 heteroatoms. The lowest BCUT2D eigenvalue weighted by Crippen LogP contribution is -2.49. The fraction of sp³-hybridized carbons (Fsp3) is 0.364. The first kappa shape index (κ1) is 22.7. The van der Waals surface area contributed by atoms with Gasteiger partial charge in [0.15, 0.2) is 6.61 Å². The molecule has 0 bridgehead atoms. The second kappa shape index (κ2) is 11.5. The summed E-state index contributed by atoms with van der Waals surface area (Å²) in [6.07, 6.45) is 0.831. The molecule has 6 nitrogen and oxygen atoms in total. The zero-order valence-corrected chi connectivity index (χ0v) is 18.6. The quantitative estimate of drug-likeness (QED) is 0.583. The summed E-state index contributed by atoms with van der Waals surface area (Å²) < 4.78 is 11.7. The molecule has 0 aliphatic carbocycles. The number of methoxy groups -OCH3 is 1. The maximum absolute atomic E-state index is 12.9. The molecule has 2 aromatic carbocycles. The van der Waals surface area contributed by atoms with Crippen LogP contribution in [0.2, 0.25) is 0 Å².